The Labute approximate surface area is 314 Å². The molecule has 0 saturated carbocycles. The summed E-state index contributed by atoms with van der Waals surface area (Å²) in [5, 5.41) is 11.7. The van der Waals surface area contributed by atoms with E-state index in [4.69, 9.17) is 0 Å². The van der Waals surface area contributed by atoms with Gasteiger partial charge in [-0.1, -0.05) is 187 Å². The Morgan fingerprint density at radius 1 is 0.283 bits per heavy atom. The largest absolute Gasteiger partial charge is 0.0774 e. The summed E-state index contributed by atoms with van der Waals surface area (Å²) in [6.07, 6.45) is 0. The first-order valence-electron chi connectivity index (χ1n) is 16.0. The zero-order valence-corrected chi connectivity index (χ0v) is 39.6. The van der Waals surface area contributed by atoms with Crippen molar-refractivity contribution in [2.45, 2.75) is 78.6 Å². The Hall–Kier alpha value is -0.592. The first-order chi connectivity index (χ1) is 21.0. The van der Waals surface area contributed by atoms with E-state index in [1.165, 1.54) is 43.8 Å². The average molecular weight is 935 g/mol. The maximum absolute atomic E-state index is 4.01. The smallest absolute Gasteiger partial charge is 0.0656 e. The minimum atomic E-state index is -1.53. The van der Waals surface area contributed by atoms with Crippen molar-refractivity contribution >= 4 is 138 Å². The van der Waals surface area contributed by atoms with Gasteiger partial charge in [0.1, 0.15) is 0 Å². The topological polar surface area (TPSA) is 0 Å². The fourth-order valence-electron chi connectivity index (χ4n) is 6.50. The van der Waals surface area contributed by atoms with Crippen molar-refractivity contribution in [2.75, 3.05) is 0 Å². The van der Waals surface area contributed by atoms with Crippen molar-refractivity contribution in [1.82, 2.24) is 0 Å². The van der Waals surface area contributed by atoms with Gasteiger partial charge >= 0.3 is 0 Å². The highest BCUT2D eigenvalue weighted by molar-refractivity contribution is 9.11. The maximum Gasteiger partial charge on any atom is 0.0774 e. The number of hydrogen-bond acceptors (Lipinski definition) is 0. The molecule has 5 aromatic carbocycles. The highest BCUT2D eigenvalue weighted by atomic mass is 79.9. The lowest BCUT2D eigenvalue weighted by atomic mass is 9.97. The molecule has 0 fully saturated rings. The Kier molecular flexibility index (Phi) is 10.1. The van der Waals surface area contributed by atoms with Crippen LogP contribution in [0.2, 0.25) is 78.6 Å². The number of hydrogen-bond donors (Lipinski definition) is 0. The third kappa shape index (κ3) is 7.30. The molecule has 0 nitrogen and oxygen atoms in total. The second kappa shape index (κ2) is 12.6. The minimum absolute atomic E-state index is 1.08. The van der Waals surface area contributed by atoms with E-state index in [0.717, 1.165) is 17.9 Å². The second-order valence-corrected chi connectivity index (χ2v) is 40.5. The van der Waals surface area contributed by atoms with Gasteiger partial charge in [0, 0.05) is 17.9 Å². The molecule has 0 aliphatic rings. The summed E-state index contributed by atoms with van der Waals surface area (Å²) in [7, 11) is -6.04. The summed E-state index contributed by atoms with van der Waals surface area (Å²) >= 11 is 16.0. The number of rotatable bonds is 6. The van der Waals surface area contributed by atoms with Gasteiger partial charge in [-0.05, 0) is 80.2 Å². The normalized spacial score (nSPS) is 13.2. The van der Waals surface area contributed by atoms with Gasteiger partial charge in [0.05, 0.1) is 32.3 Å². The molecular formula is C38H46Br4Si4. The van der Waals surface area contributed by atoms with E-state index in [2.05, 4.69) is 203 Å². The summed E-state index contributed by atoms with van der Waals surface area (Å²) in [6.45, 7) is 29.7. The minimum Gasteiger partial charge on any atom is -0.0656 e. The van der Waals surface area contributed by atoms with Crippen molar-refractivity contribution in [2.24, 2.45) is 0 Å². The monoisotopic (exact) mass is 930 g/mol. The van der Waals surface area contributed by atoms with Gasteiger partial charge in [0.25, 0.3) is 0 Å². The Bertz CT molecular complexity index is 1870. The van der Waals surface area contributed by atoms with Crippen LogP contribution in [0, 0.1) is 0 Å². The predicted molar refractivity (Wildman–Crippen MR) is 235 cm³/mol. The molecule has 0 saturated heterocycles. The second-order valence-electron chi connectivity index (χ2n) is 17.0. The van der Waals surface area contributed by atoms with E-state index in [0.29, 0.717) is 0 Å². The first-order valence-corrected chi connectivity index (χ1v) is 33.2. The van der Waals surface area contributed by atoms with Crippen LogP contribution in [-0.4, -0.2) is 32.3 Å². The summed E-state index contributed by atoms with van der Waals surface area (Å²) in [6, 6.07) is 24.0. The molecule has 0 radical (unpaired) electrons. The van der Waals surface area contributed by atoms with Gasteiger partial charge in [0.2, 0.25) is 0 Å². The van der Waals surface area contributed by atoms with Crippen LogP contribution < -0.4 is 20.7 Å². The molecule has 0 spiro atoms. The van der Waals surface area contributed by atoms with Gasteiger partial charge < -0.3 is 0 Å². The molecule has 0 aliphatic carbocycles. The van der Waals surface area contributed by atoms with Crippen LogP contribution in [-0.2, 0) is 0 Å². The molecule has 0 N–H and O–H groups in total. The number of halogens is 4. The Balaban J connectivity index is 1.67. The molecule has 5 aromatic rings. The summed E-state index contributed by atoms with van der Waals surface area (Å²) in [4.78, 5) is 0. The van der Waals surface area contributed by atoms with Crippen molar-refractivity contribution in [3.05, 3.63) is 78.6 Å². The fourth-order valence-corrected chi connectivity index (χ4v) is 19.1. The highest BCUT2D eigenvalue weighted by Crippen LogP contribution is 2.44. The van der Waals surface area contributed by atoms with Gasteiger partial charge in [-0.3, -0.25) is 0 Å². The van der Waals surface area contributed by atoms with Crippen LogP contribution in [0.25, 0.3) is 43.8 Å². The van der Waals surface area contributed by atoms with Gasteiger partial charge in [-0.15, -0.1) is 0 Å². The zero-order chi connectivity index (χ0) is 34.3. The molecule has 0 aromatic heterocycles. The van der Waals surface area contributed by atoms with Gasteiger partial charge in [-0.2, -0.15) is 0 Å². The van der Waals surface area contributed by atoms with Crippen LogP contribution in [0.15, 0.2) is 78.6 Å². The molecule has 0 atom stereocenters. The van der Waals surface area contributed by atoms with Crippen LogP contribution >= 0.6 is 63.7 Å². The first kappa shape index (κ1) is 36.7. The Morgan fingerprint density at radius 2 is 0.478 bits per heavy atom. The Morgan fingerprint density at radius 3 is 0.717 bits per heavy atom. The number of fused-ring (bicyclic) bond motifs is 2. The molecule has 0 amide bonds. The van der Waals surface area contributed by atoms with Crippen LogP contribution in [0.5, 0.6) is 0 Å². The fraction of sp³-hybridized carbons (Fsp3) is 0.316. The molecule has 0 unspecified atom stereocenters. The zero-order valence-electron chi connectivity index (χ0n) is 29.3. The summed E-state index contributed by atoms with van der Waals surface area (Å²) in [5.74, 6) is 0. The molecule has 0 bridgehead atoms. The quantitative estimate of drug-likeness (QED) is 0.149. The third-order valence-electron chi connectivity index (χ3n) is 8.99. The van der Waals surface area contributed by atoms with Crippen LogP contribution in [0.1, 0.15) is 0 Å². The van der Waals surface area contributed by atoms with E-state index in [1.807, 2.05) is 0 Å². The maximum atomic E-state index is 4.01. The van der Waals surface area contributed by atoms with Crippen molar-refractivity contribution < 1.29 is 0 Å². The van der Waals surface area contributed by atoms with E-state index >= 15 is 0 Å². The summed E-state index contributed by atoms with van der Waals surface area (Å²) < 4.78 is 4.40. The van der Waals surface area contributed by atoms with E-state index in [9.17, 15) is 0 Å². The lowest BCUT2D eigenvalue weighted by Crippen LogP contribution is -2.56. The molecule has 0 aliphatic heterocycles. The lowest BCUT2D eigenvalue weighted by molar-refractivity contribution is 1.53. The van der Waals surface area contributed by atoms with Crippen LogP contribution in [0.3, 0.4) is 0 Å². The summed E-state index contributed by atoms with van der Waals surface area (Å²) in [5.41, 5.74) is 4.74. The molecule has 0 heterocycles. The van der Waals surface area contributed by atoms with E-state index in [1.54, 1.807) is 20.7 Å². The van der Waals surface area contributed by atoms with Crippen molar-refractivity contribution in [3.8, 4) is 22.3 Å². The molecular weight excluding hydrogens is 888 g/mol. The van der Waals surface area contributed by atoms with Crippen molar-refractivity contribution in [3.63, 3.8) is 0 Å². The van der Waals surface area contributed by atoms with E-state index < -0.39 is 32.3 Å². The standard InChI is InChI=1S/C38H46Br4Si4/c1-43(2,3)35-17-23-13-27(31(39)15-25(23)19-37(35)45(7,8)9)29-21-34(42)30(22-33(29)41)28-14-24-18-36(44(4,5)6)38(46(10,11)12)20-26(24)16-32(28)40/h13-22H,1-12H3. The van der Waals surface area contributed by atoms with Gasteiger partial charge in [-0.25, -0.2) is 0 Å². The lowest BCUT2D eigenvalue weighted by Gasteiger charge is -2.29. The molecule has 46 heavy (non-hydrogen) atoms. The predicted octanol–water partition coefficient (Wildman–Crippen LogP) is 12.6. The van der Waals surface area contributed by atoms with E-state index in [-0.39, 0.29) is 0 Å². The highest BCUT2D eigenvalue weighted by Gasteiger charge is 2.30. The molecule has 5 rings (SSSR count). The molecule has 242 valence electrons. The number of benzene rings is 5. The van der Waals surface area contributed by atoms with Crippen LogP contribution in [0.4, 0.5) is 0 Å². The SMILES string of the molecule is C[Si](C)(C)c1cc2cc(Br)c(-c3cc(Br)c(-c4cc5cc([Si](C)(C)C)c([Si](C)(C)C)cc5cc4Br)cc3Br)cc2cc1[Si](C)(C)C. The van der Waals surface area contributed by atoms with Crippen molar-refractivity contribution in [1.29, 1.82) is 0 Å². The van der Waals surface area contributed by atoms with Gasteiger partial charge in [0.15, 0.2) is 0 Å². The third-order valence-corrected chi connectivity index (χ3v) is 20.2. The molecule has 8 heteroatoms. The average Bonchev–Trinajstić information content (AvgIpc) is 2.90.